The van der Waals surface area contributed by atoms with E-state index in [4.69, 9.17) is 4.74 Å². The number of nitro groups is 1. The van der Waals surface area contributed by atoms with Crippen molar-refractivity contribution in [2.75, 3.05) is 0 Å². The molecular formula is C20H19N2O3. The summed E-state index contributed by atoms with van der Waals surface area (Å²) in [5.74, 6) is 0.754. The Kier molecular flexibility index (Phi) is 4.93. The number of pyridine rings is 1. The van der Waals surface area contributed by atoms with Crippen molar-refractivity contribution in [3.63, 3.8) is 0 Å². The lowest BCUT2D eigenvalue weighted by molar-refractivity contribution is -0.385. The number of benzene rings is 2. The van der Waals surface area contributed by atoms with Crippen LogP contribution in [0.5, 0.6) is 5.75 Å². The maximum atomic E-state index is 11.3. The van der Waals surface area contributed by atoms with Gasteiger partial charge in [0.2, 0.25) is 0 Å². The Bertz CT molecular complexity index is 892. The van der Waals surface area contributed by atoms with Crippen molar-refractivity contribution in [2.45, 2.75) is 20.0 Å². The highest BCUT2D eigenvalue weighted by Gasteiger charge is 2.19. The minimum Gasteiger partial charge on any atom is -0.489 e. The largest absolute Gasteiger partial charge is 0.489 e. The lowest BCUT2D eigenvalue weighted by atomic mass is 9.98. The molecule has 1 atom stereocenters. The molecule has 0 spiro atoms. The van der Waals surface area contributed by atoms with Crippen LogP contribution in [0.4, 0.5) is 5.69 Å². The van der Waals surface area contributed by atoms with Gasteiger partial charge in [0, 0.05) is 17.0 Å². The van der Waals surface area contributed by atoms with Gasteiger partial charge in [-0.15, -0.1) is 0 Å². The van der Waals surface area contributed by atoms with E-state index in [1.807, 2.05) is 55.5 Å². The van der Waals surface area contributed by atoms with E-state index >= 15 is 0 Å². The van der Waals surface area contributed by atoms with Gasteiger partial charge in [0.15, 0.2) is 0 Å². The number of ether oxygens (including phenoxy) is 1. The molecule has 0 fully saturated rings. The van der Waals surface area contributed by atoms with E-state index in [0.29, 0.717) is 29.9 Å². The fraction of sp³-hybridized carbons (Fsp3) is 0.200. The van der Waals surface area contributed by atoms with Gasteiger partial charge in [-0.1, -0.05) is 44.2 Å². The predicted molar refractivity (Wildman–Crippen MR) is 97.4 cm³/mol. The molecular weight excluding hydrogens is 316 g/mol. The zero-order valence-electron chi connectivity index (χ0n) is 14.0. The van der Waals surface area contributed by atoms with E-state index in [1.165, 1.54) is 6.20 Å². The molecule has 5 nitrogen and oxygen atoms in total. The quantitative estimate of drug-likeness (QED) is 0.482. The van der Waals surface area contributed by atoms with Crippen molar-refractivity contribution in [3.8, 4) is 5.75 Å². The van der Waals surface area contributed by atoms with Crippen LogP contribution in [0.25, 0.3) is 10.9 Å². The zero-order valence-corrected chi connectivity index (χ0v) is 14.0. The third-order valence-corrected chi connectivity index (χ3v) is 3.93. The molecule has 0 amide bonds. The third kappa shape index (κ3) is 3.94. The first-order chi connectivity index (χ1) is 12.0. The molecule has 0 N–H and O–H groups in total. The average molecular weight is 335 g/mol. The van der Waals surface area contributed by atoms with Crippen molar-refractivity contribution < 1.29 is 9.66 Å². The highest BCUT2D eigenvalue weighted by atomic mass is 16.6. The Morgan fingerprint density at radius 2 is 2.00 bits per heavy atom. The summed E-state index contributed by atoms with van der Waals surface area (Å²) in [5.41, 5.74) is 2.48. The Labute approximate surface area is 146 Å². The summed E-state index contributed by atoms with van der Waals surface area (Å²) >= 11 is 0. The predicted octanol–water partition coefficient (Wildman–Crippen LogP) is 4.73. The maximum absolute atomic E-state index is 11.3. The fourth-order valence-electron chi connectivity index (χ4n) is 2.77. The van der Waals surface area contributed by atoms with E-state index < -0.39 is 0 Å². The zero-order chi connectivity index (χ0) is 17.8. The molecule has 1 aromatic heterocycles. The van der Waals surface area contributed by atoms with Crippen molar-refractivity contribution >= 4 is 16.6 Å². The van der Waals surface area contributed by atoms with Crippen LogP contribution in [0.3, 0.4) is 0 Å². The van der Waals surface area contributed by atoms with Crippen molar-refractivity contribution in [1.82, 2.24) is 4.98 Å². The lowest BCUT2D eigenvalue weighted by Crippen LogP contribution is -2.03. The van der Waals surface area contributed by atoms with Crippen LogP contribution < -0.4 is 4.74 Å². The second kappa shape index (κ2) is 7.30. The van der Waals surface area contributed by atoms with Gasteiger partial charge in [0.1, 0.15) is 18.6 Å². The van der Waals surface area contributed by atoms with Crippen LogP contribution in [0.2, 0.25) is 0 Å². The minimum atomic E-state index is -0.385. The van der Waals surface area contributed by atoms with E-state index in [-0.39, 0.29) is 16.5 Å². The van der Waals surface area contributed by atoms with Gasteiger partial charge in [-0.2, -0.15) is 0 Å². The number of hydrogen-bond acceptors (Lipinski definition) is 4. The number of rotatable bonds is 6. The topological polar surface area (TPSA) is 65.3 Å². The summed E-state index contributed by atoms with van der Waals surface area (Å²) in [6.45, 7) is 6.35. The van der Waals surface area contributed by atoms with Gasteiger partial charge in [-0.05, 0) is 30.0 Å². The van der Waals surface area contributed by atoms with Crippen LogP contribution in [0.1, 0.15) is 18.1 Å². The third-order valence-electron chi connectivity index (χ3n) is 3.93. The molecule has 0 aliphatic carbocycles. The van der Waals surface area contributed by atoms with Crippen LogP contribution in [-0.4, -0.2) is 9.91 Å². The maximum Gasteiger partial charge on any atom is 0.291 e. The number of nitrogens with zero attached hydrogens (tertiary/aromatic N) is 2. The van der Waals surface area contributed by atoms with Crippen molar-refractivity contribution in [1.29, 1.82) is 0 Å². The molecule has 0 saturated carbocycles. The Morgan fingerprint density at radius 3 is 2.68 bits per heavy atom. The van der Waals surface area contributed by atoms with E-state index in [2.05, 4.69) is 11.9 Å². The van der Waals surface area contributed by atoms with Gasteiger partial charge in [-0.3, -0.25) is 10.1 Å². The van der Waals surface area contributed by atoms with Gasteiger partial charge < -0.3 is 4.74 Å². The summed E-state index contributed by atoms with van der Waals surface area (Å²) in [5, 5.41) is 12.1. The van der Waals surface area contributed by atoms with Gasteiger partial charge in [0.05, 0.1) is 10.4 Å². The summed E-state index contributed by atoms with van der Waals surface area (Å²) < 4.78 is 5.81. The molecule has 127 valence electrons. The average Bonchev–Trinajstić information content (AvgIpc) is 2.60. The van der Waals surface area contributed by atoms with Gasteiger partial charge in [-0.25, -0.2) is 4.98 Å². The SMILES string of the molecule is [CH2]C(C)Cc1c([N+](=O)[O-])cnc2cc(OCc3ccccc3)ccc12. The molecule has 2 aromatic carbocycles. The fourth-order valence-corrected chi connectivity index (χ4v) is 2.77. The molecule has 0 aliphatic rings. The molecule has 0 aliphatic heterocycles. The summed E-state index contributed by atoms with van der Waals surface area (Å²) in [6.07, 6.45) is 1.85. The highest BCUT2D eigenvalue weighted by Crippen LogP contribution is 2.30. The van der Waals surface area contributed by atoms with E-state index in [9.17, 15) is 10.1 Å². The molecule has 0 saturated heterocycles. The molecule has 1 unspecified atom stereocenters. The first-order valence-corrected chi connectivity index (χ1v) is 8.10. The molecule has 1 heterocycles. The minimum absolute atomic E-state index is 0.0425. The number of fused-ring (bicyclic) bond motifs is 1. The van der Waals surface area contributed by atoms with Crippen LogP contribution >= 0.6 is 0 Å². The second-order valence-electron chi connectivity index (χ2n) is 6.14. The van der Waals surface area contributed by atoms with Crippen molar-refractivity contribution in [3.05, 3.63) is 82.9 Å². The van der Waals surface area contributed by atoms with E-state index in [0.717, 1.165) is 10.9 Å². The second-order valence-corrected chi connectivity index (χ2v) is 6.14. The van der Waals surface area contributed by atoms with E-state index in [1.54, 1.807) is 0 Å². The Morgan fingerprint density at radius 1 is 1.24 bits per heavy atom. The van der Waals surface area contributed by atoms with Gasteiger partial charge in [0.25, 0.3) is 5.69 Å². The Balaban J connectivity index is 1.92. The molecule has 25 heavy (non-hydrogen) atoms. The molecule has 0 bridgehead atoms. The lowest BCUT2D eigenvalue weighted by Gasteiger charge is -2.11. The molecule has 3 rings (SSSR count). The van der Waals surface area contributed by atoms with Crippen LogP contribution in [0, 0.1) is 23.0 Å². The van der Waals surface area contributed by atoms with Gasteiger partial charge >= 0.3 is 0 Å². The first kappa shape index (κ1) is 16.9. The Hall–Kier alpha value is -2.95. The standard InChI is InChI=1S/C20H19N2O3/c1-14(2)10-18-17-9-8-16(25-13-15-6-4-3-5-7-15)11-19(17)21-12-20(18)22(23)24/h3-9,11-12,14H,1,10,13H2,2H3. The molecule has 5 heteroatoms. The molecule has 3 aromatic rings. The smallest absolute Gasteiger partial charge is 0.291 e. The molecule has 1 radical (unpaired) electrons. The first-order valence-electron chi connectivity index (χ1n) is 8.10. The highest BCUT2D eigenvalue weighted by molar-refractivity contribution is 5.86. The number of aromatic nitrogens is 1. The normalized spacial score (nSPS) is 11.0. The van der Waals surface area contributed by atoms with Crippen molar-refractivity contribution in [2.24, 2.45) is 5.92 Å². The monoisotopic (exact) mass is 335 g/mol. The summed E-state index contributed by atoms with van der Waals surface area (Å²) in [6, 6.07) is 15.4. The summed E-state index contributed by atoms with van der Waals surface area (Å²) in [7, 11) is 0. The number of hydrogen-bond donors (Lipinski definition) is 0. The van der Waals surface area contributed by atoms with Crippen LogP contribution in [-0.2, 0) is 13.0 Å². The summed E-state index contributed by atoms with van der Waals surface area (Å²) in [4.78, 5) is 15.2. The van der Waals surface area contributed by atoms with Crippen LogP contribution in [0.15, 0.2) is 54.7 Å².